The highest BCUT2D eigenvalue weighted by Gasteiger charge is 2.43. The Bertz CT molecular complexity index is 834. The summed E-state index contributed by atoms with van der Waals surface area (Å²) in [6.45, 7) is 10.8. The number of carbonyl (C=O) groups excluding carboxylic acids is 3. The van der Waals surface area contributed by atoms with Gasteiger partial charge in [0.25, 0.3) is 11.8 Å². The zero-order valence-electron chi connectivity index (χ0n) is 17.7. The van der Waals surface area contributed by atoms with Gasteiger partial charge in [0.05, 0.1) is 17.8 Å². The van der Waals surface area contributed by atoms with Gasteiger partial charge in [-0.3, -0.25) is 19.3 Å². The molecule has 7 nitrogen and oxygen atoms in total. The predicted molar refractivity (Wildman–Crippen MR) is 111 cm³/mol. The largest absolute Gasteiger partial charge is 0.372 e. The van der Waals surface area contributed by atoms with Crippen LogP contribution in [0.3, 0.4) is 0 Å². The third-order valence-corrected chi connectivity index (χ3v) is 4.92. The molecule has 2 aliphatic heterocycles. The summed E-state index contributed by atoms with van der Waals surface area (Å²) in [5.74, 6) is -0.499. The Hall–Kier alpha value is -2.67. The van der Waals surface area contributed by atoms with E-state index in [1.54, 1.807) is 24.3 Å². The molecule has 0 radical (unpaired) electrons. The first kappa shape index (κ1) is 21.0. The number of ether oxygens (including phenoxy) is 1. The second kappa shape index (κ2) is 8.37. The number of nitrogens with zero attached hydrogens (tertiary/aromatic N) is 2. The van der Waals surface area contributed by atoms with Crippen molar-refractivity contribution in [2.75, 3.05) is 25.0 Å². The summed E-state index contributed by atoms with van der Waals surface area (Å²) in [5.41, 5.74) is 2.19. The lowest BCUT2D eigenvalue weighted by molar-refractivity contribution is -0.138. The molecule has 3 amide bonds. The van der Waals surface area contributed by atoms with Crippen LogP contribution in [0.15, 0.2) is 30.0 Å². The highest BCUT2D eigenvalue weighted by molar-refractivity contribution is 6.35. The van der Waals surface area contributed by atoms with Crippen LogP contribution < -0.4 is 5.32 Å². The third kappa shape index (κ3) is 4.50. The first-order chi connectivity index (χ1) is 13.7. The van der Waals surface area contributed by atoms with E-state index in [4.69, 9.17) is 4.74 Å². The molecule has 156 valence electrons. The number of rotatable bonds is 5. The fourth-order valence-corrected chi connectivity index (χ4v) is 3.93. The molecule has 2 heterocycles. The van der Waals surface area contributed by atoms with Crippen LogP contribution in [0.4, 0.5) is 5.69 Å². The van der Waals surface area contributed by atoms with Gasteiger partial charge in [-0.1, -0.05) is 26.0 Å². The summed E-state index contributed by atoms with van der Waals surface area (Å²) in [5, 5.41) is 2.72. The molecule has 0 saturated carbocycles. The van der Waals surface area contributed by atoms with Crippen molar-refractivity contribution in [1.82, 2.24) is 9.80 Å². The number of anilines is 1. The second-order valence-corrected chi connectivity index (χ2v) is 8.26. The summed E-state index contributed by atoms with van der Waals surface area (Å²) >= 11 is 0. The van der Waals surface area contributed by atoms with Gasteiger partial charge < -0.3 is 15.0 Å². The van der Waals surface area contributed by atoms with Crippen LogP contribution in [-0.2, 0) is 19.1 Å². The molecular weight excluding hydrogens is 370 g/mol. The molecule has 2 unspecified atom stereocenters. The van der Waals surface area contributed by atoms with Gasteiger partial charge in [-0.05, 0) is 37.5 Å². The average Bonchev–Trinajstić information content (AvgIpc) is 2.85. The van der Waals surface area contributed by atoms with Crippen molar-refractivity contribution >= 4 is 29.0 Å². The lowest BCUT2D eigenvalue weighted by Gasteiger charge is -2.37. The topological polar surface area (TPSA) is 79.0 Å². The number of benzene rings is 1. The molecule has 2 atom stereocenters. The van der Waals surface area contributed by atoms with E-state index in [-0.39, 0.29) is 35.8 Å². The van der Waals surface area contributed by atoms with E-state index < -0.39 is 0 Å². The zero-order chi connectivity index (χ0) is 21.3. The molecule has 1 saturated heterocycles. The molecular formula is C22H29N3O4. The van der Waals surface area contributed by atoms with E-state index in [1.165, 1.54) is 11.8 Å². The Labute approximate surface area is 171 Å². The summed E-state index contributed by atoms with van der Waals surface area (Å²) in [7, 11) is 0. The number of carbonyl (C=O) groups is 3. The minimum Gasteiger partial charge on any atom is -0.372 e. The number of morpholine rings is 1. The van der Waals surface area contributed by atoms with Crippen molar-refractivity contribution in [3.8, 4) is 0 Å². The van der Waals surface area contributed by atoms with Gasteiger partial charge in [-0.2, -0.15) is 0 Å². The first-order valence-electron chi connectivity index (χ1n) is 10.1. The fraction of sp³-hybridized carbons (Fsp3) is 0.500. The van der Waals surface area contributed by atoms with E-state index in [2.05, 4.69) is 5.32 Å². The summed E-state index contributed by atoms with van der Waals surface area (Å²) < 4.78 is 5.81. The lowest BCUT2D eigenvalue weighted by Crippen LogP contribution is -2.47. The van der Waals surface area contributed by atoms with Crippen molar-refractivity contribution in [3.63, 3.8) is 0 Å². The third-order valence-electron chi connectivity index (χ3n) is 4.92. The van der Waals surface area contributed by atoms with Gasteiger partial charge >= 0.3 is 0 Å². The molecule has 1 fully saturated rings. The maximum absolute atomic E-state index is 13.3. The Kier molecular flexibility index (Phi) is 6.07. The van der Waals surface area contributed by atoms with Crippen LogP contribution in [0.25, 0.3) is 5.57 Å². The minimum atomic E-state index is -0.266. The van der Waals surface area contributed by atoms with Gasteiger partial charge in [-0.25, -0.2) is 0 Å². The molecule has 0 aromatic heterocycles. The number of hydrogen-bond acceptors (Lipinski definition) is 5. The van der Waals surface area contributed by atoms with Crippen molar-refractivity contribution < 1.29 is 19.1 Å². The molecule has 2 aliphatic rings. The van der Waals surface area contributed by atoms with E-state index in [0.29, 0.717) is 42.2 Å². The minimum absolute atomic E-state index is 0.0308. The standard InChI is InChI=1S/C22H29N3O4/c1-13(2)10-25-21(27)19(17-6-8-18(9-7-17)23-16(5)26)20(22(25)28)24-11-14(3)29-15(4)12-24/h6-9,13-15H,10-12H2,1-5H3,(H,23,26). The normalized spacial score (nSPS) is 22.7. The number of nitrogens with one attached hydrogen (secondary N) is 1. The maximum atomic E-state index is 13.3. The Morgan fingerprint density at radius 1 is 1.10 bits per heavy atom. The van der Waals surface area contributed by atoms with Crippen molar-refractivity contribution in [3.05, 3.63) is 35.5 Å². The highest BCUT2D eigenvalue weighted by Crippen LogP contribution is 2.34. The average molecular weight is 399 g/mol. The molecule has 7 heteroatoms. The fourth-order valence-electron chi connectivity index (χ4n) is 3.93. The maximum Gasteiger partial charge on any atom is 0.277 e. The van der Waals surface area contributed by atoms with Crippen LogP contribution in [0, 0.1) is 5.92 Å². The number of imide groups is 1. The van der Waals surface area contributed by atoms with Crippen LogP contribution in [0.5, 0.6) is 0 Å². The van der Waals surface area contributed by atoms with Crippen molar-refractivity contribution in [1.29, 1.82) is 0 Å². The van der Waals surface area contributed by atoms with Crippen LogP contribution in [-0.4, -0.2) is 59.4 Å². The smallest absolute Gasteiger partial charge is 0.277 e. The van der Waals surface area contributed by atoms with Gasteiger partial charge in [0.1, 0.15) is 5.70 Å². The van der Waals surface area contributed by atoms with Gasteiger partial charge in [0, 0.05) is 32.2 Å². The second-order valence-electron chi connectivity index (χ2n) is 8.26. The summed E-state index contributed by atoms with van der Waals surface area (Å²) in [6.07, 6.45) is -0.0617. The van der Waals surface area contributed by atoms with E-state index in [1.807, 2.05) is 32.6 Å². The monoisotopic (exact) mass is 399 g/mol. The van der Waals surface area contributed by atoms with Crippen molar-refractivity contribution in [2.24, 2.45) is 5.92 Å². The highest BCUT2D eigenvalue weighted by atomic mass is 16.5. The van der Waals surface area contributed by atoms with Gasteiger partial charge in [0.2, 0.25) is 5.91 Å². The predicted octanol–water partition coefficient (Wildman–Crippen LogP) is 2.49. The van der Waals surface area contributed by atoms with Gasteiger partial charge in [-0.15, -0.1) is 0 Å². The zero-order valence-corrected chi connectivity index (χ0v) is 17.7. The molecule has 29 heavy (non-hydrogen) atoms. The lowest BCUT2D eigenvalue weighted by atomic mass is 10.0. The van der Waals surface area contributed by atoms with Crippen molar-refractivity contribution in [2.45, 2.75) is 46.8 Å². The Morgan fingerprint density at radius 2 is 1.69 bits per heavy atom. The van der Waals surface area contributed by atoms with Crippen LogP contribution in [0.1, 0.15) is 40.2 Å². The van der Waals surface area contributed by atoms with Crippen LogP contribution in [0.2, 0.25) is 0 Å². The Balaban J connectivity index is 2.03. The molecule has 1 aromatic carbocycles. The number of amides is 3. The summed E-state index contributed by atoms with van der Waals surface area (Å²) in [6, 6.07) is 7.04. The molecule has 1 aromatic rings. The molecule has 3 rings (SSSR count). The summed E-state index contributed by atoms with van der Waals surface area (Å²) in [4.78, 5) is 41.1. The van der Waals surface area contributed by atoms with E-state index in [9.17, 15) is 14.4 Å². The van der Waals surface area contributed by atoms with E-state index >= 15 is 0 Å². The Morgan fingerprint density at radius 3 is 2.21 bits per heavy atom. The quantitative estimate of drug-likeness (QED) is 0.770. The SMILES string of the molecule is CC(=O)Nc1ccc(C2=C(N3CC(C)OC(C)C3)C(=O)N(CC(C)C)C2=O)cc1. The molecule has 0 aliphatic carbocycles. The molecule has 0 spiro atoms. The van der Waals surface area contributed by atoms with Crippen LogP contribution >= 0.6 is 0 Å². The number of hydrogen-bond donors (Lipinski definition) is 1. The molecule has 1 N–H and O–H groups in total. The molecule has 0 bridgehead atoms. The van der Waals surface area contributed by atoms with Gasteiger partial charge in [0.15, 0.2) is 0 Å². The first-order valence-corrected chi connectivity index (χ1v) is 10.1. The van der Waals surface area contributed by atoms with E-state index in [0.717, 1.165) is 0 Å².